The van der Waals surface area contributed by atoms with Gasteiger partial charge in [-0.2, -0.15) is 13.2 Å². The van der Waals surface area contributed by atoms with Gasteiger partial charge in [-0.25, -0.2) is 4.98 Å². The van der Waals surface area contributed by atoms with E-state index in [0.29, 0.717) is 11.3 Å². The largest absolute Gasteiger partial charge is 0.417 e. The van der Waals surface area contributed by atoms with Crippen LogP contribution < -0.4 is 0 Å². The maximum absolute atomic E-state index is 13.0. The Morgan fingerprint density at radius 2 is 1.91 bits per heavy atom. The summed E-state index contributed by atoms with van der Waals surface area (Å²) in [6, 6.07) is 4.14. The number of fused-ring (bicyclic) bond motifs is 1. The lowest BCUT2D eigenvalue weighted by molar-refractivity contribution is -0.137. The van der Waals surface area contributed by atoms with E-state index < -0.39 is 17.8 Å². The second kappa shape index (κ2) is 5.50. The van der Waals surface area contributed by atoms with Gasteiger partial charge in [0.1, 0.15) is 0 Å². The molecule has 1 unspecified atom stereocenters. The van der Waals surface area contributed by atoms with Gasteiger partial charge in [-0.05, 0) is 25.1 Å². The molecule has 0 saturated heterocycles. The Morgan fingerprint density at radius 1 is 1.26 bits per heavy atom. The Kier molecular flexibility index (Phi) is 3.77. The molecule has 0 fully saturated rings. The van der Waals surface area contributed by atoms with Crippen molar-refractivity contribution in [2.24, 2.45) is 0 Å². The number of rotatable bonds is 2. The monoisotopic (exact) mass is 341 g/mol. The van der Waals surface area contributed by atoms with E-state index in [1.807, 2.05) is 0 Å². The van der Waals surface area contributed by atoms with Gasteiger partial charge in [0.15, 0.2) is 5.65 Å². The number of alkyl halides is 3. The Morgan fingerprint density at radius 3 is 2.48 bits per heavy atom. The molecule has 3 aromatic rings. The smallest absolute Gasteiger partial charge is 0.387 e. The molecule has 1 atom stereocenters. The van der Waals surface area contributed by atoms with Crippen LogP contribution in [0.25, 0.3) is 16.9 Å². The summed E-state index contributed by atoms with van der Waals surface area (Å²) in [5, 5.41) is 9.90. The SMILES string of the molecule is CC(O)c1c(-c2ccncc2)nc2c(Cl)cc(C(F)(F)F)cn12. The summed E-state index contributed by atoms with van der Waals surface area (Å²) in [5.41, 5.74) is 0.477. The molecule has 0 amide bonds. The van der Waals surface area contributed by atoms with Crippen molar-refractivity contribution in [3.05, 3.63) is 53.1 Å². The molecule has 8 heteroatoms. The number of hydrogen-bond donors (Lipinski definition) is 1. The molecule has 0 aliphatic rings. The van der Waals surface area contributed by atoms with E-state index >= 15 is 0 Å². The Labute approximate surface area is 134 Å². The highest BCUT2D eigenvalue weighted by Crippen LogP contribution is 2.36. The normalized spacial score (nSPS) is 13.5. The number of aliphatic hydroxyl groups excluding tert-OH is 1. The highest BCUT2D eigenvalue weighted by molar-refractivity contribution is 6.33. The lowest BCUT2D eigenvalue weighted by atomic mass is 10.1. The van der Waals surface area contributed by atoms with Gasteiger partial charge in [0.25, 0.3) is 0 Å². The molecule has 0 bridgehead atoms. The Hall–Kier alpha value is -2.12. The zero-order valence-corrected chi connectivity index (χ0v) is 12.6. The van der Waals surface area contributed by atoms with E-state index in [2.05, 4.69) is 9.97 Å². The van der Waals surface area contributed by atoms with E-state index in [-0.39, 0.29) is 16.4 Å². The number of imidazole rings is 1. The predicted molar refractivity (Wildman–Crippen MR) is 79.1 cm³/mol. The molecular weight excluding hydrogens is 331 g/mol. The van der Waals surface area contributed by atoms with Gasteiger partial charge in [-0.15, -0.1) is 0 Å². The predicted octanol–water partition coefficient (Wildman–Crippen LogP) is 4.12. The zero-order chi connectivity index (χ0) is 16.8. The molecule has 120 valence electrons. The van der Waals surface area contributed by atoms with E-state index in [1.165, 1.54) is 23.7 Å². The van der Waals surface area contributed by atoms with Crippen LogP contribution in [-0.4, -0.2) is 19.5 Å². The first kappa shape index (κ1) is 15.8. The van der Waals surface area contributed by atoms with Gasteiger partial charge < -0.3 is 5.11 Å². The molecule has 0 saturated carbocycles. The van der Waals surface area contributed by atoms with Crippen LogP contribution in [0.1, 0.15) is 24.3 Å². The van der Waals surface area contributed by atoms with Crippen LogP contribution in [0.3, 0.4) is 0 Å². The molecule has 3 heterocycles. The van der Waals surface area contributed by atoms with Crippen molar-refractivity contribution in [1.29, 1.82) is 0 Å². The number of pyridine rings is 2. The second-order valence-corrected chi connectivity index (χ2v) is 5.43. The minimum absolute atomic E-state index is 0.137. The van der Waals surface area contributed by atoms with Crippen LogP contribution in [-0.2, 0) is 6.18 Å². The van der Waals surface area contributed by atoms with Crippen LogP contribution in [0.15, 0.2) is 36.8 Å². The number of halogens is 4. The third-order valence-electron chi connectivity index (χ3n) is 3.39. The van der Waals surface area contributed by atoms with Crippen molar-refractivity contribution >= 4 is 17.2 Å². The molecule has 3 aromatic heterocycles. The van der Waals surface area contributed by atoms with Crippen LogP contribution in [0.4, 0.5) is 13.2 Å². The van der Waals surface area contributed by atoms with Crippen LogP contribution >= 0.6 is 11.6 Å². The summed E-state index contributed by atoms with van der Waals surface area (Å²) < 4.78 is 40.2. The van der Waals surface area contributed by atoms with E-state index in [1.54, 1.807) is 12.1 Å². The molecule has 0 spiro atoms. The van der Waals surface area contributed by atoms with Gasteiger partial charge in [0.2, 0.25) is 0 Å². The fourth-order valence-electron chi connectivity index (χ4n) is 2.40. The van der Waals surface area contributed by atoms with Gasteiger partial charge in [0.05, 0.1) is 28.1 Å². The number of hydrogen-bond acceptors (Lipinski definition) is 3. The fraction of sp³-hybridized carbons (Fsp3) is 0.200. The second-order valence-electron chi connectivity index (χ2n) is 5.03. The van der Waals surface area contributed by atoms with Gasteiger partial charge >= 0.3 is 6.18 Å². The molecule has 0 aromatic carbocycles. The summed E-state index contributed by atoms with van der Waals surface area (Å²) in [6.07, 6.45) is -1.62. The number of aliphatic hydroxyl groups is 1. The van der Waals surface area contributed by atoms with E-state index in [4.69, 9.17) is 11.6 Å². The minimum atomic E-state index is -4.55. The number of nitrogens with zero attached hydrogens (tertiary/aromatic N) is 3. The maximum Gasteiger partial charge on any atom is 0.417 e. The average molecular weight is 342 g/mol. The first-order valence-electron chi connectivity index (χ1n) is 6.66. The quantitative estimate of drug-likeness (QED) is 0.762. The van der Waals surface area contributed by atoms with Gasteiger partial charge in [-0.3, -0.25) is 9.38 Å². The van der Waals surface area contributed by atoms with Crippen LogP contribution in [0.5, 0.6) is 0 Å². The van der Waals surface area contributed by atoms with Crippen molar-refractivity contribution in [3.8, 4) is 11.3 Å². The average Bonchev–Trinajstić information content (AvgIpc) is 2.87. The van der Waals surface area contributed by atoms with Gasteiger partial charge in [-0.1, -0.05) is 11.6 Å². The molecule has 0 aliphatic heterocycles. The third-order valence-corrected chi connectivity index (χ3v) is 3.67. The van der Waals surface area contributed by atoms with Crippen molar-refractivity contribution < 1.29 is 18.3 Å². The topological polar surface area (TPSA) is 50.4 Å². The molecule has 3 rings (SSSR count). The highest BCUT2D eigenvalue weighted by atomic mass is 35.5. The molecule has 1 N–H and O–H groups in total. The fourth-order valence-corrected chi connectivity index (χ4v) is 2.65. The first-order chi connectivity index (χ1) is 10.8. The summed E-state index contributed by atoms with van der Waals surface area (Å²) in [6.45, 7) is 1.46. The van der Waals surface area contributed by atoms with Crippen molar-refractivity contribution in [1.82, 2.24) is 14.4 Å². The van der Waals surface area contributed by atoms with E-state index in [9.17, 15) is 18.3 Å². The molecular formula is C15H11ClF3N3O. The van der Waals surface area contributed by atoms with Gasteiger partial charge in [0, 0.05) is 24.2 Å². The highest BCUT2D eigenvalue weighted by Gasteiger charge is 2.33. The molecule has 23 heavy (non-hydrogen) atoms. The summed E-state index contributed by atoms with van der Waals surface area (Å²) >= 11 is 5.97. The molecule has 4 nitrogen and oxygen atoms in total. The third kappa shape index (κ3) is 2.77. The lowest BCUT2D eigenvalue weighted by Crippen LogP contribution is -2.08. The van der Waals surface area contributed by atoms with Crippen molar-refractivity contribution in [2.75, 3.05) is 0 Å². The van der Waals surface area contributed by atoms with Crippen molar-refractivity contribution in [2.45, 2.75) is 19.2 Å². The molecule has 0 radical (unpaired) electrons. The molecule has 0 aliphatic carbocycles. The van der Waals surface area contributed by atoms with E-state index in [0.717, 1.165) is 12.3 Å². The minimum Gasteiger partial charge on any atom is -0.387 e. The van der Waals surface area contributed by atoms with Crippen LogP contribution in [0, 0.1) is 0 Å². The Balaban J connectivity index is 2.36. The summed E-state index contributed by atoms with van der Waals surface area (Å²) in [5.74, 6) is 0. The number of aromatic nitrogens is 3. The Bertz CT molecular complexity index is 860. The zero-order valence-electron chi connectivity index (χ0n) is 11.8. The summed E-state index contributed by atoms with van der Waals surface area (Å²) in [4.78, 5) is 8.19. The van der Waals surface area contributed by atoms with Crippen LogP contribution in [0.2, 0.25) is 5.02 Å². The summed E-state index contributed by atoms with van der Waals surface area (Å²) in [7, 11) is 0. The standard InChI is InChI=1S/C15H11ClF3N3O/c1-8(23)13-12(9-2-4-20-5-3-9)21-14-11(16)6-10(7-22(13)14)15(17,18)19/h2-8,23H,1H3. The first-order valence-corrected chi connectivity index (χ1v) is 7.04. The van der Waals surface area contributed by atoms with Crippen molar-refractivity contribution in [3.63, 3.8) is 0 Å². The lowest BCUT2D eigenvalue weighted by Gasteiger charge is -2.11. The maximum atomic E-state index is 13.0.